The van der Waals surface area contributed by atoms with Gasteiger partial charge in [-0.1, -0.05) is 30.3 Å². The normalized spacial score (nSPS) is 22.0. The predicted molar refractivity (Wildman–Crippen MR) is 90.8 cm³/mol. The van der Waals surface area contributed by atoms with Crippen LogP contribution in [0.2, 0.25) is 0 Å². The SMILES string of the molecule is C[C@@H]1CN(Cc2cc(=O)n3[nH]ccc3n2)[C@H](c2ccccc2)CO1. The number of hydrogen-bond donors (Lipinski definition) is 1. The standard InChI is InChI=1S/C18H20N4O2/c1-13-10-21(16(12-24-13)14-5-3-2-4-6-14)11-15-9-18(23)22-17(20-15)7-8-19-22/h2-9,13,16,19H,10-12H2,1H3/t13-,16+/m1/s1. The fraction of sp³-hybridized carbons (Fsp3) is 0.333. The van der Waals surface area contributed by atoms with Gasteiger partial charge in [0.25, 0.3) is 5.56 Å². The summed E-state index contributed by atoms with van der Waals surface area (Å²) in [6.45, 7) is 4.17. The van der Waals surface area contributed by atoms with Gasteiger partial charge in [0.2, 0.25) is 0 Å². The molecule has 6 nitrogen and oxygen atoms in total. The third-order valence-corrected chi connectivity index (χ3v) is 4.45. The first-order chi connectivity index (χ1) is 11.7. The van der Waals surface area contributed by atoms with Crippen molar-refractivity contribution in [2.75, 3.05) is 13.2 Å². The third-order valence-electron chi connectivity index (χ3n) is 4.45. The molecule has 1 aliphatic heterocycles. The van der Waals surface area contributed by atoms with E-state index in [-0.39, 0.29) is 17.7 Å². The average Bonchev–Trinajstić information content (AvgIpc) is 3.05. The van der Waals surface area contributed by atoms with Crippen molar-refractivity contribution in [1.82, 2.24) is 19.5 Å². The number of nitrogens with one attached hydrogen (secondary N) is 1. The highest BCUT2D eigenvalue weighted by atomic mass is 16.5. The molecule has 3 aromatic rings. The molecular weight excluding hydrogens is 304 g/mol. The van der Waals surface area contributed by atoms with E-state index in [0.29, 0.717) is 18.8 Å². The summed E-state index contributed by atoms with van der Waals surface area (Å²) < 4.78 is 7.31. The van der Waals surface area contributed by atoms with Crippen molar-refractivity contribution in [3.05, 3.63) is 70.3 Å². The molecule has 0 saturated carbocycles. The molecule has 2 aromatic heterocycles. The monoisotopic (exact) mass is 324 g/mol. The van der Waals surface area contributed by atoms with Gasteiger partial charge in [-0.3, -0.25) is 14.8 Å². The predicted octanol–water partition coefficient (Wildman–Crippen LogP) is 1.98. The first-order valence-electron chi connectivity index (χ1n) is 8.17. The highest BCUT2D eigenvalue weighted by Gasteiger charge is 2.28. The highest BCUT2D eigenvalue weighted by Crippen LogP contribution is 2.27. The Morgan fingerprint density at radius 2 is 2.12 bits per heavy atom. The quantitative estimate of drug-likeness (QED) is 0.800. The van der Waals surface area contributed by atoms with Gasteiger partial charge >= 0.3 is 0 Å². The van der Waals surface area contributed by atoms with Crippen molar-refractivity contribution in [2.45, 2.75) is 25.6 Å². The molecule has 0 spiro atoms. The van der Waals surface area contributed by atoms with Crippen LogP contribution >= 0.6 is 0 Å². The van der Waals surface area contributed by atoms with Crippen LogP contribution in [0, 0.1) is 0 Å². The molecule has 124 valence electrons. The lowest BCUT2D eigenvalue weighted by Crippen LogP contribution is -2.43. The highest BCUT2D eigenvalue weighted by molar-refractivity contribution is 5.36. The molecule has 1 aliphatic rings. The Morgan fingerprint density at radius 1 is 1.29 bits per heavy atom. The number of hydrogen-bond acceptors (Lipinski definition) is 4. The third kappa shape index (κ3) is 2.86. The maximum atomic E-state index is 12.2. The van der Waals surface area contributed by atoms with Crippen LogP contribution in [0.1, 0.15) is 24.2 Å². The summed E-state index contributed by atoms with van der Waals surface area (Å²) in [6, 6.07) is 13.9. The summed E-state index contributed by atoms with van der Waals surface area (Å²) in [5.74, 6) is 0. The fourth-order valence-corrected chi connectivity index (χ4v) is 3.29. The molecule has 2 atom stereocenters. The number of ether oxygens (including phenoxy) is 1. The summed E-state index contributed by atoms with van der Waals surface area (Å²) in [7, 11) is 0. The molecule has 24 heavy (non-hydrogen) atoms. The van der Waals surface area contributed by atoms with Gasteiger partial charge in [-0.2, -0.15) is 0 Å². The number of rotatable bonds is 3. The number of aromatic amines is 1. The summed E-state index contributed by atoms with van der Waals surface area (Å²) in [5.41, 5.74) is 2.58. The molecule has 1 N–H and O–H groups in total. The van der Waals surface area contributed by atoms with Crippen LogP contribution in [0.25, 0.3) is 5.65 Å². The van der Waals surface area contributed by atoms with E-state index in [1.807, 2.05) is 24.3 Å². The number of aromatic nitrogens is 3. The first-order valence-corrected chi connectivity index (χ1v) is 8.17. The Labute approximate surface area is 139 Å². The van der Waals surface area contributed by atoms with E-state index in [1.165, 1.54) is 10.1 Å². The Balaban J connectivity index is 1.65. The van der Waals surface area contributed by atoms with E-state index in [2.05, 4.69) is 34.0 Å². The topological polar surface area (TPSA) is 62.6 Å². The van der Waals surface area contributed by atoms with Gasteiger partial charge in [0.1, 0.15) is 0 Å². The minimum absolute atomic E-state index is 0.0856. The zero-order valence-electron chi connectivity index (χ0n) is 13.6. The largest absolute Gasteiger partial charge is 0.375 e. The molecule has 6 heteroatoms. The average molecular weight is 324 g/mol. The number of nitrogens with zero attached hydrogens (tertiary/aromatic N) is 3. The molecule has 3 heterocycles. The van der Waals surface area contributed by atoms with Crippen LogP contribution in [0.4, 0.5) is 0 Å². The molecule has 1 saturated heterocycles. The fourth-order valence-electron chi connectivity index (χ4n) is 3.29. The van der Waals surface area contributed by atoms with E-state index in [1.54, 1.807) is 12.3 Å². The minimum Gasteiger partial charge on any atom is -0.375 e. The van der Waals surface area contributed by atoms with Crippen molar-refractivity contribution in [3.63, 3.8) is 0 Å². The summed E-state index contributed by atoms with van der Waals surface area (Å²) >= 11 is 0. The number of benzene rings is 1. The Morgan fingerprint density at radius 3 is 2.96 bits per heavy atom. The van der Waals surface area contributed by atoms with Gasteiger partial charge < -0.3 is 4.74 Å². The van der Waals surface area contributed by atoms with E-state index in [9.17, 15) is 4.79 Å². The van der Waals surface area contributed by atoms with Crippen LogP contribution < -0.4 is 5.56 Å². The Kier molecular flexibility index (Phi) is 3.92. The molecule has 1 fully saturated rings. The lowest BCUT2D eigenvalue weighted by molar-refractivity contribution is -0.0601. The minimum atomic E-state index is -0.0856. The number of H-pyrrole nitrogens is 1. The van der Waals surface area contributed by atoms with Crippen molar-refractivity contribution in [3.8, 4) is 0 Å². The van der Waals surface area contributed by atoms with Crippen LogP contribution in [0.15, 0.2) is 53.5 Å². The molecular formula is C18H20N4O2. The van der Waals surface area contributed by atoms with Crippen LogP contribution in [0.5, 0.6) is 0 Å². The second-order valence-electron chi connectivity index (χ2n) is 6.24. The number of fused-ring (bicyclic) bond motifs is 1. The van der Waals surface area contributed by atoms with E-state index < -0.39 is 0 Å². The lowest BCUT2D eigenvalue weighted by atomic mass is 10.0. The molecule has 0 aliphatic carbocycles. The maximum absolute atomic E-state index is 12.2. The smallest absolute Gasteiger partial charge is 0.272 e. The van der Waals surface area contributed by atoms with Crippen LogP contribution in [-0.4, -0.2) is 38.8 Å². The van der Waals surface area contributed by atoms with E-state index in [4.69, 9.17) is 4.74 Å². The van der Waals surface area contributed by atoms with Gasteiger partial charge in [0.15, 0.2) is 5.65 Å². The number of morpholine rings is 1. The zero-order valence-corrected chi connectivity index (χ0v) is 13.6. The molecule has 1 aromatic carbocycles. The summed E-state index contributed by atoms with van der Waals surface area (Å²) in [6.07, 6.45) is 1.89. The lowest BCUT2D eigenvalue weighted by Gasteiger charge is -2.38. The summed E-state index contributed by atoms with van der Waals surface area (Å²) in [5, 5.41) is 2.87. The second kappa shape index (κ2) is 6.22. The molecule has 0 amide bonds. The molecule has 0 bridgehead atoms. The zero-order chi connectivity index (χ0) is 16.5. The van der Waals surface area contributed by atoms with Gasteiger partial charge in [0.05, 0.1) is 24.4 Å². The van der Waals surface area contributed by atoms with Gasteiger partial charge in [-0.05, 0) is 12.5 Å². The van der Waals surface area contributed by atoms with Crippen LogP contribution in [-0.2, 0) is 11.3 Å². The molecule has 0 radical (unpaired) electrons. The van der Waals surface area contributed by atoms with Crippen molar-refractivity contribution >= 4 is 5.65 Å². The van der Waals surface area contributed by atoms with Gasteiger partial charge in [-0.15, -0.1) is 0 Å². The van der Waals surface area contributed by atoms with Crippen molar-refractivity contribution < 1.29 is 4.74 Å². The molecule has 0 unspecified atom stereocenters. The molecule has 4 rings (SSSR count). The van der Waals surface area contributed by atoms with Gasteiger partial charge in [0, 0.05) is 31.4 Å². The van der Waals surface area contributed by atoms with E-state index in [0.717, 1.165) is 12.2 Å². The van der Waals surface area contributed by atoms with Crippen molar-refractivity contribution in [2.24, 2.45) is 0 Å². The summed E-state index contributed by atoms with van der Waals surface area (Å²) in [4.78, 5) is 19.1. The Hall–Kier alpha value is -2.44. The Bertz CT molecular complexity index is 887. The maximum Gasteiger partial charge on any atom is 0.272 e. The first kappa shape index (κ1) is 15.1. The van der Waals surface area contributed by atoms with Gasteiger partial charge in [-0.25, -0.2) is 9.50 Å². The van der Waals surface area contributed by atoms with Crippen molar-refractivity contribution in [1.29, 1.82) is 0 Å². The second-order valence-corrected chi connectivity index (χ2v) is 6.24. The van der Waals surface area contributed by atoms with E-state index >= 15 is 0 Å². The van der Waals surface area contributed by atoms with Crippen LogP contribution in [0.3, 0.4) is 0 Å².